The van der Waals surface area contributed by atoms with Crippen molar-refractivity contribution < 1.29 is 9.47 Å². The second kappa shape index (κ2) is 7.70. The molecule has 2 rings (SSSR count). The lowest BCUT2D eigenvalue weighted by Crippen LogP contribution is -2.20. The molecule has 0 spiro atoms. The fourth-order valence-corrected chi connectivity index (χ4v) is 2.33. The molecule has 0 atom stereocenters. The van der Waals surface area contributed by atoms with Crippen LogP contribution in [0.4, 0.5) is 0 Å². The predicted molar refractivity (Wildman–Crippen MR) is 86.0 cm³/mol. The summed E-state index contributed by atoms with van der Waals surface area (Å²) in [7, 11) is 5.46. The lowest BCUT2D eigenvalue weighted by atomic mass is 10.1. The molecule has 0 heterocycles. The van der Waals surface area contributed by atoms with Crippen LogP contribution in [0.5, 0.6) is 11.5 Å². The monoisotopic (exact) mass is 285 g/mol. The molecular weight excluding hydrogens is 262 g/mol. The summed E-state index contributed by atoms with van der Waals surface area (Å²) in [5.74, 6) is 1.56. The van der Waals surface area contributed by atoms with E-state index in [-0.39, 0.29) is 0 Å². The van der Waals surface area contributed by atoms with Gasteiger partial charge in [-0.15, -0.1) is 0 Å². The second-order valence-corrected chi connectivity index (χ2v) is 5.16. The molecule has 0 bridgehead atoms. The Hall–Kier alpha value is -2.00. The largest absolute Gasteiger partial charge is 0.493 e. The lowest BCUT2D eigenvalue weighted by molar-refractivity contribution is 0.327. The van der Waals surface area contributed by atoms with E-state index in [2.05, 4.69) is 48.3 Å². The summed E-state index contributed by atoms with van der Waals surface area (Å²) in [6.45, 7) is 1.92. The van der Waals surface area contributed by atoms with E-state index in [1.807, 2.05) is 12.1 Å². The number of likely N-dealkylation sites (N-methyl/N-ethyl adjacent to an activating group) is 1. The number of methoxy groups -OCH3 is 2. The molecule has 0 fully saturated rings. The van der Waals surface area contributed by atoms with E-state index >= 15 is 0 Å². The van der Waals surface area contributed by atoms with Crippen LogP contribution in [0.1, 0.15) is 11.1 Å². The normalized spacial score (nSPS) is 10.7. The van der Waals surface area contributed by atoms with Gasteiger partial charge in [0.25, 0.3) is 0 Å². The highest BCUT2D eigenvalue weighted by molar-refractivity contribution is 5.42. The van der Waals surface area contributed by atoms with Gasteiger partial charge in [0.2, 0.25) is 0 Å². The van der Waals surface area contributed by atoms with Gasteiger partial charge in [0.1, 0.15) is 0 Å². The molecule has 0 amide bonds. The first-order chi connectivity index (χ1) is 10.2. The third-order valence-corrected chi connectivity index (χ3v) is 3.53. The highest BCUT2D eigenvalue weighted by atomic mass is 16.5. The van der Waals surface area contributed by atoms with Crippen LogP contribution < -0.4 is 9.47 Å². The van der Waals surface area contributed by atoms with Crippen molar-refractivity contribution in [3.05, 3.63) is 59.7 Å². The minimum atomic E-state index is 0.771. The maximum atomic E-state index is 5.34. The van der Waals surface area contributed by atoms with Gasteiger partial charge in [-0.3, -0.25) is 0 Å². The Morgan fingerprint density at radius 1 is 0.857 bits per heavy atom. The summed E-state index contributed by atoms with van der Waals surface area (Å²) in [4.78, 5) is 2.31. The molecule has 0 unspecified atom stereocenters. The third-order valence-electron chi connectivity index (χ3n) is 3.53. The molecular formula is C18H23NO2. The molecule has 0 aliphatic rings. The van der Waals surface area contributed by atoms with Gasteiger partial charge in [0, 0.05) is 13.1 Å². The van der Waals surface area contributed by atoms with Crippen molar-refractivity contribution in [3.63, 3.8) is 0 Å². The summed E-state index contributed by atoms with van der Waals surface area (Å²) in [6, 6.07) is 16.6. The Labute approximate surface area is 127 Å². The van der Waals surface area contributed by atoms with Gasteiger partial charge >= 0.3 is 0 Å². The van der Waals surface area contributed by atoms with Gasteiger partial charge in [-0.25, -0.2) is 0 Å². The number of rotatable bonds is 7. The minimum absolute atomic E-state index is 0.771. The molecule has 3 nitrogen and oxygen atoms in total. The summed E-state index contributed by atoms with van der Waals surface area (Å²) < 4.78 is 10.6. The third kappa shape index (κ3) is 4.50. The van der Waals surface area contributed by atoms with Crippen LogP contribution in [0.3, 0.4) is 0 Å². The topological polar surface area (TPSA) is 21.7 Å². The first-order valence-electron chi connectivity index (χ1n) is 7.16. The quantitative estimate of drug-likeness (QED) is 0.778. The highest BCUT2D eigenvalue weighted by Crippen LogP contribution is 2.27. The van der Waals surface area contributed by atoms with Crippen LogP contribution in [-0.4, -0.2) is 32.7 Å². The van der Waals surface area contributed by atoms with Crippen LogP contribution in [-0.2, 0) is 13.0 Å². The average Bonchev–Trinajstić information content (AvgIpc) is 2.53. The average molecular weight is 285 g/mol. The van der Waals surface area contributed by atoms with Crippen LogP contribution in [0, 0.1) is 0 Å². The number of hydrogen-bond acceptors (Lipinski definition) is 3. The van der Waals surface area contributed by atoms with Gasteiger partial charge < -0.3 is 14.4 Å². The van der Waals surface area contributed by atoms with E-state index in [9.17, 15) is 0 Å². The van der Waals surface area contributed by atoms with E-state index in [1.54, 1.807) is 14.2 Å². The van der Waals surface area contributed by atoms with Crippen LogP contribution >= 0.6 is 0 Å². The number of ether oxygens (including phenoxy) is 2. The Morgan fingerprint density at radius 2 is 1.57 bits per heavy atom. The van der Waals surface area contributed by atoms with Crippen LogP contribution in [0.25, 0.3) is 0 Å². The second-order valence-electron chi connectivity index (χ2n) is 5.16. The van der Waals surface area contributed by atoms with Crippen molar-refractivity contribution in [2.75, 3.05) is 27.8 Å². The van der Waals surface area contributed by atoms with Gasteiger partial charge in [0.15, 0.2) is 11.5 Å². The Bertz CT molecular complexity index is 554. The molecule has 0 saturated heterocycles. The summed E-state index contributed by atoms with van der Waals surface area (Å²) in [5, 5.41) is 0. The molecule has 0 aliphatic carbocycles. The summed E-state index contributed by atoms with van der Waals surface area (Å²) in [6.07, 6.45) is 1.06. The van der Waals surface area contributed by atoms with Crippen molar-refractivity contribution >= 4 is 0 Å². The van der Waals surface area contributed by atoms with Gasteiger partial charge in [-0.05, 0) is 36.7 Å². The fraction of sp³-hybridized carbons (Fsp3) is 0.333. The molecule has 0 N–H and O–H groups in total. The molecule has 2 aromatic rings. The van der Waals surface area contributed by atoms with E-state index in [0.29, 0.717) is 0 Å². The number of nitrogens with zero attached hydrogens (tertiary/aromatic N) is 1. The first kappa shape index (κ1) is 15.4. The zero-order chi connectivity index (χ0) is 15.1. The number of benzene rings is 2. The fourth-order valence-electron chi connectivity index (χ4n) is 2.33. The molecule has 0 saturated carbocycles. The summed E-state index contributed by atoms with van der Waals surface area (Å²) in [5.41, 5.74) is 2.60. The van der Waals surface area contributed by atoms with Gasteiger partial charge in [0.05, 0.1) is 14.2 Å². The van der Waals surface area contributed by atoms with E-state index in [4.69, 9.17) is 9.47 Å². The SMILES string of the molecule is COc1ccc(CN(C)CCc2ccccc2)cc1OC. The van der Waals surface area contributed by atoms with Crippen LogP contribution in [0.15, 0.2) is 48.5 Å². The molecule has 112 valence electrons. The molecule has 21 heavy (non-hydrogen) atoms. The van der Waals surface area contributed by atoms with Gasteiger partial charge in [-0.2, -0.15) is 0 Å². The molecule has 3 heteroatoms. The minimum Gasteiger partial charge on any atom is -0.493 e. The standard InChI is InChI=1S/C18H23NO2/c1-19(12-11-15-7-5-4-6-8-15)14-16-9-10-17(20-2)18(13-16)21-3/h4-10,13H,11-12,14H2,1-3H3. The smallest absolute Gasteiger partial charge is 0.161 e. The maximum Gasteiger partial charge on any atom is 0.161 e. The van der Waals surface area contributed by atoms with Crippen molar-refractivity contribution in [1.29, 1.82) is 0 Å². The zero-order valence-corrected chi connectivity index (χ0v) is 13.0. The van der Waals surface area contributed by atoms with E-state index in [0.717, 1.165) is 31.0 Å². The summed E-state index contributed by atoms with van der Waals surface area (Å²) >= 11 is 0. The molecule has 0 radical (unpaired) electrons. The lowest BCUT2D eigenvalue weighted by Gasteiger charge is -2.17. The molecule has 0 aliphatic heterocycles. The maximum absolute atomic E-state index is 5.34. The van der Waals surface area contributed by atoms with E-state index in [1.165, 1.54) is 11.1 Å². The Kier molecular flexibility index (Phi) is 5.64. The van der Waals surface area contributed by atoms with Crippen molar-refractivity contribution in [2.45, 2.75) is 13.0 Å². The van der Waals surface area contributed by atoms with E-state index < -0.39 is 0 Å². The van der Waals surface area contributed by atoms with Crippen molar-refractivity contribution in [3.8, 4) is 11.5 Å². The Balaban J connectivity index is 1.91. The van der Waals surface area contributed by atoms with Gasteiger partial charge in [-0.1, -0.05) is 36.4 Å². The van der Waals surface area contributed by atoms with Crippen LogP contribution in [0.2, 0.25) is 0 Å². The molecule has 2 aromatic carbocycles. The molecule has 0 aromatic heterocycles. The predicted octanol–water partition coefficient (Wildman–Crippen LogP) is 3.38. The zero-order valence-electron chi connectivity index (χ0n) is 13.0. The van der Waals surface area contributed by atoms with Crippen molar-refractivity contribution in [2.24, 2.45) is 0 Å². The van der Waals surface area contributed by atoms with Crippen molar-refractivity contribution in [1.82, 2.24) is 4.90 Å². The Morgan fingerprint density at radius 3 is 2.24 bits per heavy atom. The number of hydrogen-bond donors (Lipinski definition) is 0. The highest BCUT2D eigenvalue weighted by Gasteiger charge is 2.06. The first-order valence-corrected chi connectivity index (χ1v) is 7.16.